The van der Waals surface area contributed by atoms with Gasteiger partial charge in [-0.2, -0.15) is 27.8 Å². The topological polar surface area (TPSA) is 144 Å². The minimum Gasteiger partial charge on any atom is -0.467 e. The van der Waals surface area contributed by atoms with Crippen LogP contribution in [0.4, 0.5) is 13.2 Å². The number of hydrogen-bond acceptors (Lipinski definition) is 9. The lowest BCUT2D eigenvalue weighted by atomic mass is 9.89. The lowest BCUT2D eigenvalue weighted by Crippen LogP contribution is -2.65. The van der Waals surface area contributed by atoms with Gasteiger partial charge in [0.05, 0.1) is 37.1 Å². The van der Waals surface area contributed by atoms with E-state index in [0.717, 1.165) is 0 Å². The van der Waals surface area contributed by atoms with E-state index in [0.29, 0.717) is 32.6 Å². The molecule has 0 bridgehead atoms. The number of imidazole rings is 1. The summed E-state index contributed by atoms with van der Waals surface area (Å²) >= 11 is 0. The maximum absolute atomic E-state index is 13.0. The molecule has 0 unspecified atom stereocenters. The van der Waals surface area contributed by atoms with E-state index in [9.17, 15) is 26.9 Å². The van der Waals surface area contributed by atoms with Crippen LogP contribution >= 0.6 is 0 Å². The number of hydrogen-bond donors (Lipinski definition) is 0. The van der Waals surface area contributed by atoms with Crippen molar-refractivity contribution >= 4 is 15.7 Å². The number of sulfonamides is 1. The Balaban J connectivity index is 1.52. The Bertz CT molecular complexity index is 1580. The van der Waals surface area contributed by atoms with Crippen molar-refractivity contribution in [3.05, 3.63) is 43.2 Å². The molecular formula is C20H16F3N9O3S. The standard InChI is InChI=1S/C20H16F3N9O3S/c1-35-18-26-7-13(8-27-18)15-6-16-25-4-5-31(16)17(29-15)14-9-28-32(10-14)19(2-3-24)11-30(12-19)36(33,34)20(21,22)23/h4-10H,2,11-12H2,1H3. The van der Waals surface area contributed by atoms with Gasteiger partial charge in [0, 0.05) is 55.7 Å². The third kappa shape index (κ3) is 3.72. The van der Waals surface area contributed by atoms with Crippen LogP contribution in [-0.2, 0) is 15.6 Å². The first-order valence-corrected chi connectivity index (χ1v) is 11.7. The number of ether oxygens (including phenoxy) is 1. The van der Waals surface area contributed by atoms with Crippen LogP contribution in [0.25, 0.3) is 28.3 Å². The minimum atomic E-state index is -5.51. The Morgan fingerprint density at radius 3 is 2.53 bits per heavy atom. The molecule has 1 aliphatic rings. The molecule has 0 radical (unpaired) electrons. The molecule has 4 aromatic rings. The number of alkyl halides is 3. The van der Waals surface area contributed by atoms with E-state index in [1.807, 2.05) is 6.07 Å². The lowest BCUT2D eigenvalue weighted by molar-refractivity contribution is -0.0565. The van der Waals surface area contributed by atoms with Crippen LogP contribution in [0.5, 0.6) is 6.01 Å². The first-order chi connectivity index (χ1) is 17.1. The number of rotatable bonds is 6. The first-order valence-electron chi connectivity index (χ1n) is 10.3. The van der Waals surface area contributed by atoms with E-state index in [1.165, 1.54) is 36.6 Å². The Morgan fingerprint density at radius 2 is 1.89 bits per heavy atom. The summed E-state index contributed by atoms with van der Waals surface area (Å²) in [5, 5.41) is 13.5. The minimum absolute atomic E-state index is 0.187. The van der Waals surface area contributed by atoms with Crippen molar-refractivity contribution in [3.8, 4) is 34.7 Å². The average molecular weight is 519 g/mol. The highest BCUT2D eigenvalue weighted by atomic mass is 32.2. The Labute approximate surface area is 201 Å². The summed E-state index contributed by atoms with van der Waals surface area (Å²) in [6, 6.07) is 3.83. The summed E-state index contributed by atoms with van der Waals surface area (Å²) in [4.78, 5) is 17.1. The quantitative estimate of drug-likeness (QED) is 0.373. The van der Waals surface area contributed by atoms with Gasteiger partial charge in [0.2, 0.25) is 0 Å². The molecule has 186 valence electrons. The highest BCUT2D eigenvalue weighted by molar-refractivity contribution is 7.90. The van der Waals surface area contributed by atoms with Crippen molar-refractivity contribution in [1.29, 1.82) is 5.26 Å². The molecule has 0 atom stereocenters. The summed E-state index contributed by atoms with van der Waals surface area (Å²) in [7, 11) is -4.06. The van der Waals surface area contributed by atoms with Crippen molar-refractivity contribution in [1.82, 2.24) is 38.4 Å². The first kappa shape index (κ1) is 23.6. The normalized spacial score (nSPS) is 16.0. The highest BCUT2D eigenvalue weighted by Gasteiger charge is 2.59. The van der Waals surface area contributed by atoms with Gasteiger partial charge in [-0.1, -0.05) is 0 Å². The third-order valence-electron chi connectivity index (χ3n) is 5.80. The van der Waals surface area contributed by atoms with Gasteiger partial charge < -0.3 is 4.74 Å². The van der Waals surface area contributed by atoms with E-state index in [-0.39, 0.29) is 12.4 Å². The van der Waals surface area contributed by atoms with Gasteiger partial charge in [0.25, 0.3) is 0 Å². The molecule has 16 heteroatoms. The summed E-state index contributed by atoms with van der Waals surface area (Å²) in [5.41, 5.74) is -4.57. The second-order valence-corrected chi connectivity index (χ2v) is 9.96. The van der Waals surface area contributed by atoms with Gasteiger partial charge in [0.15, 0.2) is 0 Å². The van der Waals surface area contributed by atoms with Gasteiger partial charge >= 0.3 is 21.5 Å². The number of aromatic nitrogens is 7. The van der Waals surface area contributed by atoms with Gasteiger partial charge in [-0.3, -0.25) is 9.08 Å². The third-order valence-corrected chi connectivity index (χ3v) is 7.33. The van der Waals surface area contributed by atoms with Gasteiger partial charge in [0.1, 0.15) is 17.0 Å². The van der Waals surface area contributed by atoms with Gasteiger partial charge in [-0.25, -0.2) is 28.4 Å². The SMILES string of the molecule is COc1ncc(-c2cc3nccn3c(-c3cnn(C4(CC#N)CN(S(=O)(=O)C(F)(F)F)C4)c3)n2)cn1. The van der Waals surface area contributed by atoms with Crippen molar-refractivity contribution in [2.24, 2.45) is 0 Å². The molecule has 1 fully saturated rings. The van der Waals surface area contributed by atoms with Crippen LogP contribution < -0.4 is 4.74 Å². The monoisotopic (exact) mass is 519 g/mol. The molecular weight excluding hydrogens is 503 g/mol. The van der Waals surface area contributed by atoms with Crippen LogP contribution in [0.3, 0.4) is 0 Å². The van der Waals surface area contributed by atoms with Crippen LogP contribution in [0, 0.1) is 11.3 Å². The molecule has 5 rings (SSSR count). The van der Waals surface area contributed by atoms with Crippen molar-refractivity contribution < 1.29 is 26.3 Å². The second-order valence-electron chi connectivity index (χ2n) is 8.03. The number of methoxy groups -OCH3 is 1. The zero-order chi connectivity index (χ0) is 25.7. The fourth-order valence-electron chi connectivity index (χ4n) is 3.94. The second kappa shape index (κ2) is 8.24. The van der Waals surface area contributed by atoms with E-state index < -0.39 is 34.2 Å². The predicted molar refractivity (Wildman–Crippen MR) is 117 cm³/mol. The predicted octanol–water partition coefficient (Wildman–Crippen LogP) is 1.83. The van der Waals surface area contributed by atoms with Crippen molar-refractivity contribution in [2.75, 3.05) is 20.2 Å². The van der Waals surface area contributed by atoms with E-state index in [2.05, 4.69) is 25.0 Å². The zero-order valence-electron chi connectivity index (χ0n) is 18.5. The Morgan fingerprint density at radius 1 is 1.17 bits per heavy atom. The number of nitrogens with zero attached hydrogens (tertiary/aromatic N) is 9. The number of halogens is 3. The van der Waals surface area contributed by atoms with E-state index in [4.69, 9.17) is 4.74 Å². The molecule has 0 aromatic carbocycles. The molecule has 4 aromatic heterocycles. The Kier molecular flexibility index (Phi) is 5.41. The van der Waals surface area contributed by atoms with Crippen LogP contribution in [0.1, 0.15) is 6.42 Å². The van der Waals surface area contributed by atoms with Crippen molar-refractivity contribution in [2.45, 2.75) is 17.5 Å². The molecule has 0 saturated carbocycles. The van der Waals surface area contributed by atoms with E-state index in [1.54, 1.807) is 22.9 Å². The highest BCUT2D eigenvalue weighted by Crippen LogP contribution is 2.39. The van der Waals surface area contributed by atoms with Crippen LogP contribution in [0.2, 0.25) is 0 Å². The average Bonchev–Trinajstić information content (AvgIpc) is 3.50. The number of nitriles is 1. The van der Waals surface area contributed by atoms with Gasteiger partial charge in [-0.15, -0.1) is 0 Å². The molecule has 0 amide bonds. The van der Waals surface area contributed by atoms with E-state index >= 15 is 0 Å². The van der Waals surface area contributed by atoms with Crippen LogP contribution in [0.15, 0.2) is 43.2 Å². The largest absolute Gasteiger partial charge is 0.511 e. The maximum Gasteiger partial charge on any atom is 0.511 e. The van der Waals surface area contributed by atoms with Crippen LogP contribution in [-0.4, -0.2) is 72.5 Å². The summed E-state index contributed by atoms with van der Waals surface area (Å²) in [6.07, 6.45) is 9.04. The zero-order valence-corrected chi connectivity index (χ0v) is 19.3. The molecule has 0 N–H and O–H groups in total. The fourth-order valence-corrected chi connectivity index (χ4v) is 5.05. The summed E-state index contributed by atoms with van der Waals surface area (Å²) in [5.74, 6) is 0.410. The Hall–Kier alpha value is -4.10. The molecule has 1 aliphatic heterocycles. The summed E-state index contributed by atoms with van der Waals surface area (Å²) in [6.45, 7) is -1.08. The van der Waals surface area contributed by atoms with Gasteiger partial charge in [-0.05, 0) is 0 Å². The number of fused-ring (bicyclic) bond motifs is 1. The molecule has 0 spiro atoms. The van der Waals surface area contributed by atoms with Crippen molar-refractivity contribution in [3.63, 3.8) is 0 Å². The maximum atomic E-state index is 13.0. The smallest absolute Gasteiger partial charge is 0.467 e. The molecule has 12 nitrogen and oxygen atoms in total. The molecule has 36 heavy (non-hydrogen) atoms. The fraction of sp³-hybridized carbons (Fsp3) is 0.300. The molecule has 1 saturated heterocycles. The summed E-state index contributed by atoms with van der Waals surface area (Å²) < 4.78 is 70.7. The molecule has 0 aliphatic carbocycles. The lowest BCUT2D eigenvalue weighted by Gasteiger charge is -2.47. The molecule has 5 heterocycles.